The third-order valence-corrected chi connectivity index (χ3v) is 3.94. The lowest BCUT2D eigenvalue weighted by Crippen LogP contribution is -2.58. The summed E-state index contributed by atoms with van der Waals surface area (Å²) in [5.74, 6) is -2.04. The molecule has 1 aliphatic rings. The SMILES string of the molecule is CCCCN1C(=O)NC(=O)[C@@H](C=NCCCN(CC)CC)C1=O. The second-order valence-electron chi connectivity index (χ2n) is 5.55. The van der Waals surface area contributed by atoms with Gasteiger partial charge in [0.15, 0.2) is 5.92 Å². The van der Waals surface area contributed by atoms with Gasteiger partial charge in [0, 0.05) is 19.3 Å². The summed E-state index contributed by atoms with van der Waals surface area (Å²) in [5, 5.41) is 2.22. The van der Waals surface area contributed by atoms with Gasteiger partial charge in [0.05, 0.1) is 0 Å². The zero-order valence-electron chi connectivity index (χ0n) is 14.4. The highest BCUT2D eigenvalue weighted by atomic mass is 16.2. The summed E-state index contributed by atoms with van der Waals surface area (Å²) in [6, 6.07) is -0.625. The molecule has 0 aromatic rings. The fourth-order valence-corrected chi connectivity index (χ4v) is 2.40. The number of hydrogen-bond donors (Lipinski definition) is 1. The minimum absolute atomic E-state index is 0.334. The van der Waals surface area contributed by atoms with E-state index in [0.717, 1.165) is 43.8 Å². The van der Waals surface area contributed by atoms with Gasteiger partial charge in [-0.3, -0.25) is 24.8 Å². The average molecular weight is 324 g/mol. The molecule has 1 atom stereocenters. The Labute approximate surface area is 138 Å². The number of hydrogen-bond acceptors (Lipinski definition) is 5. The van der Waals surface area contributed by atoms with Gasteiger partial charge in [0.1, 0.15) is 0 Å². The van der Waals surface area contributed by atoms with Crippen LogP contribution in [0, 0.1) is 5.92 Å². The van der Waals surface area contributed by atoms with E-state index in [-0.39, 0.29) is 0 Å². The molecule has 1 heterocycles. The van der Waals surface area contributed by atoms with E-state index in [1.54, 1.807) is 0 Å². The fraction of sp³-hybridized carbons (Fsp3) is 0.750. The standard InChI is InChI=1S/C16H28N4O3/c1-4-7-11-20-15(22)13(14(21)18-16(20)23)12-17-9-8-10-19(5-2)6-3/h12-13H,4-11H2,1-3H3,(H,18,21,23)/t13-/m1/s1. The number of imide groups is 2. The normalized spacial score (nSPS) is 19.0. The fourth-order valence-electron chi connectivity index (χ4n) is 2.40. The van der Waals surface area contributed by atoms with Crippen LogP contribution in [0.15, 0.2) is 4.99 Å². The Bertz CT molecular complexity index is 447. The monoisotopic (exact) mass is 324 g/mol. The lowest BCUT2D eigenvalue weighted by Gasteiger charge is -2.28. The molecule has 1 aliphatic heterocycles. The van der Waals surface area contributed by atoms with Gasteiger partial charge in [-0.15, -0.1) is 0 Å². The van der Waals surface area contributed by atoms with Gasteiger partial charge in [-0.1, -0.05) is 27.2 Å². The van der Waals surface area contributed by atoms with Gasteiger partial charge < -0.3 is 4.90 Å². The molecular formula is C16H28N4O3. The average Bonchev–Trinajstić information content (AvgIpc) is 2.53. The molecule has 0 spiro atoms. The predicted octanol–water partition coefficient (Wildman–Crippen LogP) is 1.28. The van der Waals surface area contributed by atoms with Crippen molar-refractivity contribution < 1.29 is 14.4 Å². The molecule has 130 valence electrons. The Balaban J connectivity index is 2.53. The highest BCUT2D eigenvalue weighted by Crippen LogP contribution is 2.10. The number of rotatable bonds is 10. The minimum atomic E-state index is -0.988. The number of unbranched alkanes of at least 4 members (excludes halogenated alkanes) is 1. The smallest absolute Gasteiger partial charge is 0.304 e. The van der Waals surface area contributed by atoms with Crippen LogP contribution in [0.4, 0.5) is 4.79 Å². The van der Waals surface area contributed by atoms with Gasteiger partial charge in [-0.05, 0) is 32.5 Å². The highest BCUT2D eigenvalue weighted by Gasteiger charge is 2.38. The molecule has 7 heteroatoms. The number of amides is 4. The third kappa shape index (κ3) is 5.74. The first-order chi connectivity index (χ1) is 11.0. The summed E-state index contributed by atoms with van der Waals surface area (Å²) >= 11 is 0. The number of aliphatic imine (C=N–C) groups is 1. The summed E-state index contributed by atoms with van der Waals surface area (Å²) in [5.41, 5.74) is 0. The van der Waals surface area contributed by atoms with E-state index in [9.17, 15) is 14.4 Å². The van der Waals surface area contributed by atoms with E-state index in [2.05, 4.69) is 29.1 Å². The lowest BCUT2D eigenvalue weighted by atomic mass is 10.1. The van der Waals surface area contributed by atoms with Crippen LogP contribution >= 0.6 is 0 Å². The van der Waals surface area contributed by atoms with Crippen molar-refractivity contribution in [1.82, 2.24) is 15.1 Å². The molecule has 0 radical (unpaired) electrons. The Morgan fingerprint density at radius 1 is 1.17 bits per heavy atom. The maximum absolute atomic E-state index is 12.3. The van der Waals surface area contributed by atoms with E-state index in [4.69, 9.17) is 0 Å². The molecule has 0 aliphatic carbocycles. The summed E-state index contributed by atoms with van der Waals surface area (Å²) < 4.78 is 0. The number of nitrogens with one attached hydrogen (secondary N) is 1. The minimum Gasteiger partial charge on any atom is -0.304 e. The van der Waals surface area contributed by atoms with Crippen molar-refractivity contribution in [1.29, 1.82) is 0 Å². The Kier molecular flexibility index (Phi) is 8.47. The molecule has 0 aromatic carbocycles. The largest absolute Gasteiger partial charge is 0.330 e. The molecule has 23 heavy (non-hydrogen) atoms. The maximum Gasteiger partial charge on any atom is 0.330 e. The van der Waals surface area contributed by atoms with Crippen molar-refractivity contribution in [3.05, 3.63) is 0 Å². The van der Waals surface area contributed by atoms with Crippen molar-refractivity contribution in [3.63, 3.8) is 0 Å². The number of barbiturate groups is 1. The molecule has 0 saturated carbocycles. The van der Waals surface area contributed by atoms with Crippen molar-refractivity contribution in [3.8, 4) is 0 Å². The van der Waals surface area contributed by atoms with Crippen LogP contribution in [0.5, 0.6) is 0 Å². The van der Waals surface area contributed by atoms with Gasteiger partial charge in [0.2, 0.25) is 11.8 Å². The molecule has 0 aromatic heterocycles. The van der Waals surface area contributed by atoms with E-state index in [1.807, 2.05) is 6.92 Å². The van der Waals surface area contributed by atoms with Gasteiger partial charge in [-0.2, -0.15) is 0 Å². The molecule has 0 unspecified atom stereocenters. The van der Waals surface area contributed by atoms with Gasteiger partial charge >= 0.3 is 6.03 Å². The zero-order valence-corrected chi connectivity index (χ0v) is 14.4. The van der Waals surface area contributed by atoms with Crippen molar-refractivity contribution in [2.24, 2.45) is 10.9 Å². The second-order valence-corrected chi connectivity index (χ2v) is 5.55. The molecule has 1 N–H and O–H groups in total. The highest BCUT2D eigenvalue weighted by molar-refractivity contribution is 6.23. The first-order valence-electron chi connectivity index (χ1n) is 8.43. The Hall–Kier alpha value is -1.76. The summed E-state index contributed by atoms with van der Waals surface area (Å²) in [7, 11) is 0. The Morgan fingerprint density at radius 3 is 2.48 bits per heavy atom. The van der Waals surface area contributed by atoms with Crippen LogP contribution < -0.4 is 5.32 Å². The van der Waals surface area contributed by atoms with Crippen LogP contribution in [0.25, 0.3) is 0 Å². The van der Waals surface area contributed by atoms with Crippen molar-refractivity contribution in [2.45, 2.75) is 40.0 Å². The third-order valence-electron chi connectivity index (χ3n) is 3.94. The van der Waals surface area contributed by atoms with Crippen molar-refractivity contribution in [2.75, 3.05) is 32.7 Å². The Morgan fingerprint density at radius 2 is 1.87 bits per heavy atom. The number of nitrogens with zero attached hydrogens (tertiary/aromatic N) is 3. The van der Waals surface area contributed by atoms with Gasteiger partial charge in [-0.25, -0.2) is 4.79 Å². The molecule has 1 saturated heterocycles. The zero-order chi connectivity index (χ0) is 17.2. The van der Waals surface area contributed by atoms with Crippen LogP contribution in [-0.2, 0) is 9.59 Å². The summed E-state index contributed by atoms with van der Waals surface area (Å²) in [4.78, 5) is 43.4. The van der Waals surface area contributed by atoms with Crippen LogP contribution in [0.1, 0.15) is 40.0 Å². The topological polar surface area (TPSA) is 82.1 Å². The maximum atomic E-state index is 12.3. The molecular weight excluding hydrogens is 296 g/mol. The van der Waals surface area contributed by atoms with E-state index in [1.165, 1.54) is 6.21 Å². The molecule has 1 rings (SSSR count). The van der Waals surface area contributed by atoms with Crippen LogP contribution in [-0.4, -0.2) is 66.6 Å². The van der Waals surface area contributed by atoms with Crippen LogP contribution in [0.2, 0.25) is 0 Å². The molecule has 7 nitrogen and oxygen atoms in total. The van der Waals surface area contributed by atoms with Gasteiger partial charge in [0.25, 0.3) is 0 Å². The molecule has 1 fully saturated rings. The molecule has 4 amide bonds. The first kappa shape index (κ1) is 19.3. The summed E-state index contributed by atoms with van der Waals surface area (Å²) in [6.45, 7) is 10.0. The second kappa shape index (κ2) is 10.1. The summed E-state index contributed by atoms with van der Waals surface area (Å²) in [6.07, 6.45) is 3.85. The number of urea groups is 1. The number of carbonyl (C=O) groups excluding carboxylic acids is 3. The van der Waals surface area contributed by atoms with Crippen molar-refractivity contribution >= 4 is 24.1 Å². The quantitative estimate of drug-likeness (QED) is 0.373. The first-order valence-corrected chi connectivity index (χ1v) is 8.43. The van der Waals surface area contributed by atoms with E-state index in [0.29, 0.717) is 13.1 Å². The number of carbonyl (C=O) groups is 3. The van der Waals surface area contributed by atoms with E-state index >= 15 is 0 Å². The molecule has 0 bridgehead atoms. The predicted molar refractivity (Wildman–Crippen MR) is 89.4 cm³/mol. The van der Waals surface area contributed by atoms with Crippen LogP contribution in [0.3, 0.4) is 0 Å². The lowest BCUT2D eigenvalue weighted by molar-refractivity contribution is -0.139. The van der Waals surface area contributed by atoms with E-state index < -0.39 is 23.8 Å².